The molecule has 0 aromatic carbocycles. The van der Waals surface area contributed by atoms with Gasteiger partial charge in [-0.3, -0.25) is 4.99 Å². The molecule has 0 heterocycles. The van der Waals surface area contributed by atoms with Crippen LogP contribution in [0, 0.1) is 5.41 Å². The topological polar surface area (TPSA) is 79.8 Å². The first-order chi connectivity index (χ1) is 11.1. The number of rotatable bonds is 9. The summed E-state index contributed by atoms with van der Waals surface area (Å²) in [5, 5.41) is 6.73. The van der Waals surface area contributed by atoms with E-state index in [2.05, 4.69) is 36.4 Å². The molecule has 1 fully saturated rings. The number of nitrogens with zero attached hydrogens (tertiary/aromatic N) is 1. The first-order valence-electron chi connectivity index (χ1n) is 8.89. The Morgan fingerprint density at radius 2 is 2.04 bits per heavy atom. The minimum Gasteiger partial charge on any atom is -0.378 e. The van der Waals surface area contributed by atoms with Crippen molar-refractivity contribution < 1.29 is 13.2 Å². The van der Waals surface area contributed by atoms with E-state index in [0.717, 1.165) is 31.8 Å². The van der Waals surface area contributed by atoms with Gasteiger partial charge in [0.05, 0.1) is 11.9 Å². The summed E-state index contributed by atoms with van der Waals surface area (Å²) in [5.41, 5.74) is 0.0569. The van der Waals surface area contributed by atoms with Crippen LogP contribution in [-0.4, -0.2) is 58.2 Å². The number of sulfone groups is 1. The molecular weight excluding hydrogens is 453 g/mol. The van der Waals surface area contributed by atoms with Crippen LogP contribution >= 0.6 is 24.0 Å². The van der Waals surface area contributed by atoms with Crippen molar-refractivity contribution in [3.05, 3.63) is 0 Å². The van der Waals surface area contributed by atoms with Crippen LogP contribution < -0.4 is 10.6 Å². The van der Waals surface area contributed by atoms with E-state index in [1.165, 1.54) is 6.26 Å². The maximum atomic E-state index is 11.3. The minimum absolute atomic E-state index is 0. The molecule has 1 aliphatic carbocycles. The average Bonchev–Trinajstić information content (AvgIpc) is 2.49. The van der Waals surface area contributed by atoms with Gasteiger partial charge in [-0.15, -0.1) is 24.0 Å². The Balaban J connectivity index is 0.00000576. The zero-order valence-corrected chi connectivity index (χ0v) is 19.6. The molecule has 3 atom stereocenters. The van der Waals surface area contributed by atoms with E-state index < -0.39 is 9.84 Å². The molecule has 3 unspecified atom stereocenters. The van der Waals surface area contributed by atoms with E-state index in [1.807, 2.05) is 6.92 Å². The highest BCUT2D eigenvalue weighted by Gasteiger charge is 2.49. The SMILES string of the molecule is CCCCOC1CC(NC(=NC)NC(C)CCS(C)(=O)=O)C1(C)C.I. The molecule has 1 rings (SSSR count). The van der Waals surface area contributed by atoms with Gasteiger partial charge in [-0.2, -0.15) is 0 Å². The second-order valence-electron chi connectivity index (χ2n) is 7.50. The highest BCUT2D eigenvalue weighted by Crippen LogP contribution is 2.42. The van der Waals surface area contributed by atoms with Crippen LogP contribution in [0.25, 0.3) is 0 Å². The number of hydrogen-bond donors (Lipinski definition) is 2. The fourth-order valence-electron chi connectivity index (χ4n) is 2.82. The lowest BCUT2D eigenvalue weighted by atomic mass is 9.64. The normalized spacial score (nSPS) is 24.0. The third-order valence-electron chi connectivity index (χ3n) is 4.83. The Bertz CT molecular complexity index is 523. The Hall–Kier alpha value is -0.0900. The number of ether oxygens (including phenoxy) is 1. The predicted octanol–water partition coefficient (Wildman–Crippen LogP) is 2.58. The Morgan fingerprint density at radius 3 is 2.52 bits per heavy atom. The van der Waals surface area contributed by atoms with Crippen molar-refractivity contribution in [3.63, 3.8) is 0 Å². The molecule has 0 saturated heterocycles. The molecule has 6 nitrogen and oxygen atoms in total. The summed E-state index contributed by atoms with van der Waals surface area (Å²) in [6.07, 6.45) is 5.33. The van der Waals surface area contributed by atoms with Crippen LogP contribution in [-0.2, 0) is 14.6 Å². The van der Waals surface area contributed by atoms with Crippen molar-refractivity contribution in [2.75, 3.05) is 25.7 Å². The molecule has 0 aromatic rings. The van der Waals surface area contributed by atoms with Gasteiger partial charge in [-0.1, -0.05) is 27.2 Å². The Labute approximate surface area is 170 Å². The third-order valence-corrected chi connectivity index (χ3v) is 5.81. The number of hydrogen-bond acceptors (Lipinski definition) is 4. The number of unbranched alkanes of at least 4 members (excludes halogenated alkanes) is 1. The number of halogens is 1. The molecule has 0 bridgehead atoms. The van der Waals surface area contributed by atoms with Crippen LogP contribution in [0.4, 0.5) is 0 Å². The Morgan fingerprint density at radius 1 is 1.40 bits per heavy atom. The van der Waals surface area contributed by atoms with Gasteiger partial charge in [0.15, 0.2) is 5.96 Å². The second-order valence-corrected chi connectivity index (χ2v) is 9.76. The van der Waals surface area contributed by atoms with Crippen molar-refractivity contribution in [3.8, 4) is 0 Å². The zero-order chi connectivity index (χ0) is 18.4. The number of guanidine groups is 1. The lowest BCUT2D eigenvalue weighted by Gasteiger charge is -2.52. The first-order valence-corrected chi connectivity index (χ1v) is 10.9. The van der Waals surface area contributed by atoms with Gasteiger partial charge in [-0.25, -0.2) is 8.42 Å². The lowest BCUT2D eigenvalue weighted by Crippen LogP contribution is -2.64. The minimum atomic E-state index is -2.93. The second kappa shape index (κ2) is 10.9. The van der Waals surface area contributed by atoms with Gasteiger partial charge in [0.1, 0.15) is 9.84 Å². The van der Waals surface area contributed by atoms with Gasteiger partial charge >= 0.3 is 0 Å². The maximum Gasteiger partial charge on any atom is 0.191 e. The van der Waals surface area contributed by atoms with Crippen molar-refractivity contribution >= 4 is 39.8 Å². The summed E-state index contributed by atoms with van der Waals surface area (Å²) in [6.45, 7) is 9.39. The predicted molar refractivity (Wildman–Crippen MR) is 116 cm³/mol. The van der Waals surface area contributed by atoms with Crippen LogP contribution in [0.2, 0.25) is 0 Å². The summed E-state index contributed by atoms with van der Waals surface area (Å²) < 4.78 is 28.5. The molecule has 0 aromatic heterocycles. The van der Waals surface area contributed by atoms with Gasteiger partial charge in [0.25, 0.3) is 0 Å². The van der Waals surface area contributed by atoms with Crippen LogP contribution in [0.1, 0.15) is 53.4 Å². The molecule has 2 N–H and O–H groups in total. The van der Waals surface area contributed by atoms with Crippen molar-refractivity contribution in [2.24, 2.45) is 10.4 Å². The van der Waals surface area contributed by atoms with E-state index in [-0.39, 0.29) is 47.3 Å². The van der Waals surface area contributed by atoms with E-state index in [4.69, 9.17) is 4.74 Å². The largest absolute Gasteiger partial charge is 0.378 e. The highest BCUT2D eigenvalue weighted by molar-refractivity contribution is 14.0. The highest BCUT2D eigenvalue weighted by atomic mass is 127. The third kappa shape index (κ3) is 8.43. The fourth-order valence-corrected chi connectivity index (χ4v) is 3.60. The van der Waals surface area contributed by atoms with E-state index in [1.54, 1.807) is 7.05 Å². The fraction of sp³-hybridized carbons (Fsp3) is 0.941. The number of aliphatic imine (C=N–C) groups is 1. The standard InChI is InChI=1S/C17H35N3O3S.HI/c1-7-8-10-23-15-12-14(17(15,3)4)20-16(18-5)19-13(2)9-11-24(6,21)22;/h13-15H,7-12H2,1-6H3,(H2,18,19,20);1H. The van der Waals surface area contributed by atoms with Gasteiger partial charge in [0.2, 0.25) is 0 Å². The van der Waals surface area contributed by atoms with Crippen molar-refractivity contribution in [2.45, 2.75) is 71.6 Å². The van der Waals surface area contributed by atoms with Crippen molar-refractivity contribution in [1.82, 2.24) is 10.6 Å². The first kappa shape index (κ1) is 24.9. The lowest BCUT2D eigenvalue weighted by molar-refractivity contribution is -0.113. The van der Waals surface area contributed by atoms with Crippen molar-refractivity contribution in [1.29, 1.82) is 0 Å². The molecule has 0 aliphatic heterocycles. The molecule has 0 amide bonds. The van der Waals surface area contributed by atoms with E-state index in [0.29, 0.717) is 12.5 Å². The van der Waals surface area contributed by atoms with Gasteiger partial charge < -0.3 is 15.4 Å². The summed E-state index contributed by atoms with van der Waals surface area (Å²) in [7, 11) is -1.20. The smallest absolute Gasteiger partial charge is 0.191 e. The molecule has 1 aliphatic rings. The number of nitrogens with one attached hydrogen (secondary N) is 2. The summed E-state index contributed by atoms with van der Waals surface area (Å²) in [5.74, 6) is 0.904. The average molecular weight is 489 g/mol. The van der Waals surface area contributed by atoms with E-state index in [9.17, 15) is 8.42 Å². The molecule has 150 valence electrons. The zero-order valence-electron chi connectivity index (χ0n) is 16.5. The maximum absolute atomic E-state index is 11.3. The summed E-state index contributed by atoms with van der Waals surface area (Å²) in [4.78, 5) is 4.26. The van der Waals surface area contributed by atoms with Crippen LogP contribution in [0.15, 0.2) is 4.99 Å². The molecular formula is C17H36IN3O3S. The van der Waals surface area contributed by atoms with Crippen LogP contribution in [0.3, 0.4) is 0 Å². The van der Waals surface area contributed by atoms with Gasteiger partial charge in [0, 0.05) is 37.4 Å². The summed E-state index contributed by atoms with van der Waals surface area (Å²) >= 11 is 0. The molecule has 8 heteroatoms. The summed E-state index contributed by atoms with van der Waals surface area (Å²) in [6, 6.07) is 0.350. The molecule has 1 saturated carbocycles. The van der Waals surface area contributed by atoms with Crippen LogP contribution in [0.5, 0.6) is 0 Å². The van der Waals surface area contributed by atoms with E-state index >= 15 is 0 Å². The molecule has 25 heavy (non-hydrogen) atoms. The quantitative estimate of drug-likeness (QED) is 0.225. The monoisotopic (exact) mass is 489 g/mol. The molecule has 0 radical (unpaired) electrons. The Kier molecular flexibility index (Phi) is 10.9. The van der Waals surface area contributed by atoms with Gasteiger partial charge in [-0.05, 0) is 26.2 Å². The molecule has 0 spiro atoms.